The fourth-order valence-corrected chi connectivity index (χ4v) is 3.69. The highest BCUT2D eigenvalue weighted by molar-refractivity contribution is 7.98. The summed E-state index contributed by atoms with van der Waals surface area (Å²) in [6.07, 6.45) is 0. The third-order valence-corrected chi connectivity index (χ3v) is 5.10. The topological polar surface area (TPSA) is 72.4 Å². The maximum atomic E-state index is 12.6. The van der Waals surface area contributed by atoms with Gasteiger partial charge < -0.3 is 5.11 Å². The van der Waals surface area contributed by atoms with Crippen LogP contribution in [0.3, 0.4) is 0 Å². The highest BCUT2D eigenvalue weighted by atomic mass is 32.2. The summed E-state index contributed by atoms with van der Waals surface area (Å²) in [5.41, 5.74) is 0.772. The van der Waals surface area contributed by atoms with Gasteiger partial charge in [-0.25, -0.2) is 0 Å². The van der Waals surface area contributed by atoms with Crippen LogP contribution in [0.5, 0.6) is 5.75 Å². The predicted octanol–water partition coefficient (Wildman–Crippen LogP) is 3.06. The van der Waals surface area contributed by atoms with Gasteiger partial charge in [0.15, 0.2) is 0 Å². The zero-order chi connectivity index (χ0) is 17.4. The fraction of sp³-hybridized carbons (Fsp3) is 0.167. The van der Waals surface area contributed by atoms with Gasteiger partial charge in [-0.3, -0.25) is 13.8 Å². The Labute approximate surface area is 147 Å². The van der Waals surface area contributed by atoms with E-state index in [9.17, 15) is 9.90 Å². The molecule has 2 heterocycles. The summed E-state index contributed by atoms with van der Waals surface area (Å²) in [5.74, 6) is 2.20. The zero-order valence-corrected chi connectivity index (χ0v) is 14.4. The second-order valence-corrected chi connectivity index (χ2v) is 6.65. The van der Waals surface area contributed by atoms with Crippen LogP contribution in [0.4, 0.5) is 0 Å². The largest absolute Gasteiger partial charge is 0.508 e. The first-order valence-corrected chi connectivity index (χ1v) is 8.95. The molecule has 0 saturated heterocycles. The average Bonchev–Trinajstić information content (AvgIpc) is 3.06. The van der Waals surface area contributed by atoms with Crippen LogP contribution in [-0.4, -0.2) is 24.3 Å². The molecule has 0 aliphatic carbocycles. The third-order valence-electron chi connectivity index (χ3n) is 4.10. The van der Waals surface area contributed by atoms with Crippen molar-refractivity contribution in [2.24, 2.45) is 0 Å². The summed E-state index contributed by atoms with van der Waals surface area (Å²) in [5, 5.41) is 18.6. The molecule has 4 aromatic rings. The maximum Gasteiger partial charge on any atom is 0.262 e. The number of aromatic nitrogens is 4. The Morgan fingerprint density at radius 2 is 1.84 bits per heavy atom. The highest BCUT2D eigenvalue weighted by Crippen LogP contribution is 2.25. The van der Waals surface area contributed by atoms with Crippen molar-refractivity contribution in [2.75, 3.05) is 0 Å². The van der Waals surface area contributed by atoms with Crippen molar-refractivity contribution in [1.82, 2.24) is 19.2 Å². The molecule has 0 aliphatic rings. The standard InChI is InChI=1S/C18H16N4O2S/c1-2-21-17(24)14-5-3-4-6-15(14)22-16(19-20-18(21)22)11-25-13-9-7-12(23)8-10-13/h3-10,23H,2,11H2,1H3. The summed E-state index contributed by atoms with van der Waals surface area (Å²) < 4.78 is 3.59. The van der Waals surface area contributed by atoms with E-state index in [4.69, 9.17) is 0 Å². The lowest BCUT2D eigenvalue weighted by Crippen LogP contribution is -2.22. The lowest BCUT2D eigenvalue weighted by atomic mass is 10.2. The SMILES string of the molecule is CCn1c(=O)c2ccccc2n2c(CSc3ccc(O)cc3)nnc12. The quantitative estimate of drug-likeness (QED) is 0.572. The number of hydrogen-bond acceptors (Lipinski definition) is 5. The monoisotopic (exact) mass is 352 g/mol. The first kappa shape index (κ1) is 15.7. The molecule has 126 valence electrons. The van der Waals surface area contributed by atoms with Crippen LogP contribution in [0.25, 0.3) is 16.7 Å². The average molecular weight is 352 g/mol. The molecule has 2 aromatic carbocycles. The normalized spacial score (nSPS) is 11.4. The van der Waals surface area contributed by atoms with E-state index in [2.05, 4.69) is 10.2 Å². The number of fused-ring (bicyclic) bond motifs is 3. The molecule has 7 heteroatoms. The van der Waals surface area contributed by atoms with E-state index in [-0.39, 0.29) is 11.3 Å². The Balaban J connectivity index is 1.84. The van der Waals surface area contributed by atoms with E-state index in [1.807, 2.05) is 47.7 Å². The fourth-order valence-electron chi connectivity index (χ4n) is 2.88. The van der Waals surface area contributed by atoms with Crippen molar-refractivity contribution in [1.29, 1.82) is 0 Å². The summed E-state index contributed by atoms with van der Waals surface area (Å²) >= 11 is 1.61. The van der Waals surface area contributed by atoms with Gasteiger partial charge in [-0.1, -0.05) is 12.1 Å². The van der Waals surface area contributed by atoms with Gasteiger partial charge in [-0.05, 0) is 43.3 Å². The molecule has 0 spiro atoms. The minimum atomic E-state index is -0.0456. The Hall–Kier alpha value is -2.80. The van der Waals surface area contributed by atoms with Crippen LogP contribution >= 0.6 is 11.8 Å². The maximum absolute atomic E-state index is 12.6. The molecule has 25 heavy (non-hydrogen) atoms. The first-order valence-electron chi connectivity index (χ1n) is 7.96. The molecule has 0 radical (unpaired) electrons. The van der Waals surface area contributed by atoms with E-state index in [1.54, 1.807) is 28.5 Å². The van der Waals surface area contributed by atoms with Gasteiger partial charge in [0.25, 0.3) is 5.56 Å². The number of benzene rings is 2. The lowest BCUT2D eigenvalue weighted by molar-refractivity contribution is 0.475. The molecular weight excluding hydrogens is 336 g/mol. The van der Waals surface area contributed by atoms with Crippen LogP contribution in [-0.2, 0) is 12.3 Å². The Bertz CT molecular complexity index is 1120. The van der Waals surface area contributed by atoms with Gasteiger partial charge in [0.2, 0.25) is 5.78 Å². The molecule has 6 nitrogen and oxygen atoms in total. The number of phenols is 1. The van der Waals surface area contributed by atoms with Gasteiger partial charge in [0, 0.05) is 11.4 Å². The number of thioether (sulfide) groups is 1. The van der Waals surface area contributed by atoms with Crippen LogP contribution in [0.2, 0.25) is 0 Å². The van der Waals surface area contributed by atoms with Gasteiger partial charge >= 0.3 is 0 Å². The second kappa shape index (κ2) is 6.25. The molecule has 0 aliphatic heterocycles. The summed E-state index contributed by atoms with van der Waals surface area (Å²) in [4.78, 5) is 13.7. The van der Waals surface area contributed by atoms with E-state index in [0.717, 1.165) is 16.2 Å². The number of phenolic OH excluding ortho intramolecular Hbond substituents is 1. The smallest absolute Gasteiger partial charge is 0.262 e. The van der Waals surface area contributed by atoms with E-state index >= 15 is 0 Å². The van der Waals surface area contributed by atoms with E-state index in [1.165, 1.54) is 0 Å². The van der Waals surface area contributed by atoms with Crippen LogP contribution in [0.15, 0.2) is 58.2 Å². The molecule has 0 unspecified atom stereocenters. The van der Waals surface area contributed by atoms with Crippen molar-refractivity contribution < 1.29 is 5.11 Å². The van der Waals surface area contributed by atoms with E-state index < -0.39 is 0 Å². The summed E-state index contributed by atoms with van der Waals surface area (Å²) in [7, 11) is 0. The summed E-state index contributed by atoms with van der Waals surface area (Å²) in [6, 6.07) is 14.6. The van der Waals surface area contributed by atoms with Gasteiger partial charge in [0.1, 0.15) is 11.6 Å². The number of aryl methyl sites for hydroxylation is 1. The molecule has 2 aromatic heterocycles. The van der Waals surface area contributed by atoms with Crippen molar-refractivity contribution in [3.63, 3.8) is 0 Å². The number of aromatic hydroxyl groups is 1. The molecule has 0 atom stereocenters. The van der Waals surface area contributed by atoms with Crippen molar-refractivity contribution >= 4 is 28.4 Å². The number of rotatable bonds is 4. The van der Waals surface area contributed by atoms with Crippen LogP contribution in [0, 0.1) is 0 Å². The first-order chi connectivity index (χ1) is 12.2. The molecule has 0 amide bonds. The Morgan fingerprint density at radius 3 is 2.60 bits per heavy atom. The molecule has 4 rings (SSSR count). The lowest BCUT2D eigenvalue weighted by Gasteiger charge is -2.09. The van der Waals surface area contributed by atoms with Crippen molar-refractivity contribution in [2.45, 2.75) is 24.1 Å². The van der Waals surface area contributed by atoms with E-state index in [0.29, 0.717) is 23.5 Å². The Kier molecular flexibility index (Phi) is 3.93. The number of hydrogen-bond donors (Lipinski definition) is 1. The summed E-state index contributed by atoms with van der Waals surface area (Å²) in [6.45, 7) is 2.46. The molecule has 1 N–H and O–H groups in total. The molecule has 0 fully saturated rings. The minimum Gasteiger partial charge on any atom is -0.508 e. The zero-order valence-electron chi connectivity index (χ0n) is 13.6. The van der Waals surface area contributed by atoms with Crippen molar-refractivity contribution in [3.8, 4) is 5.75 Å². The van der Waals surface area contributed by atoms with Crippen LogP contribution in [0.1, 0.15) is 12.7 Å². The molecule has 0 bridgehead atoms. The Morgan fingerprint density at radius 1 is 1.08 bits per heavy atom. The highest BCUT2D eigenvalue weighted by Gasteiger charge is 2.15. The minimum absolute atomic E-state index is 0.0456. The number of nitrogens with zero attached hydrogens (tertiary/aromatic N) is 4. The van der Waals surface area contributed by atoms with Gasteiger partial charge in [-0.15, -0.1) is 22.0 Å². The predicted molar refractivity (Wildman–Crippen MR) is 98.1 cm³/mol. The van der Waals surface area contributed by atoms with Gasteiger partial charge in [0.05, 0.1) is 16.7 Å². The van der Waals surface area contributed by atoms with Crippen LogP contribution < -0.4 is 5.56 Å². The second-order valence-electron chi connectivity index (χ2n) is 5.60. The van der Waals surface area contributed by atoms with Crippen molar-refractivity contribution in [3.05, 3.63) is 64.7 Å². The molecular formula is C18H16N4O2S. The molecule has 0 saturated carbocycles. The number of para-hydroxylation sites is 1. The van der Waals surface area contributed by atoms with Gasteiger partial charge in [-0.2, -0.15) is 0 Å². The third kappa shape index (κ3) is 2.66.